The predicted octanol–water partition coefficient (Wildman–Crippen LogP) is 7.44. The van der Waals surface area contributed by atoms with Crippen molar-refractivity contribution < 1.29 is 9.59 Å². The summed E-state index contributed by atoms with van der Waals surface area (Å²) in [5.41, 5.74) is 4.24. The number of nitrogens with zero attached hydrogens (tertiary/aromatic N) is 3. The number of unbranched alkanes of at least 4 members (excludes halogenated alkanes) is 1. The lowest BCUT2D eigenvalue weighted by atomic mass is 9.86. The van der Waals surface area contributed by atoms with Crippen molar-refractivity contribution >= 4 is 11.8 Å². The maximum Gasteiger partial charge on any atom is 0.254 e. The van der Waals surface area contributed by atoms with Gasteiger partial charge in [-0.25, -0.2) is 0 Å². The Hall–Kier alpha value is -3.34. The molecule has 1 aromatic heterocycles. The molecule has 2 aromatic carbocycles. The van der Waals surface area contributed by atoms with Gasteiger partial charge in [0, 0.05) is 36.6 Å². The molecule has 40 heavy (non-hydrogen) atoms. The van der Waals surface area contributed by atoms with E-state index in [0.29, 0.717) is 18.7 Å². The molecule has 0 N–H and O–H groups in total. The number of hydrogen-bond acceptors (Lipinski definition) is 2. The number of aromatic nitrogens is 1. The van der Waals surface area contributed by atoms with Gasteiger partial charge in [-0.2, -0.15) is 0 Å². The first-order chi connectivity index (χ1) is 19.3. The van der Waals surface area contributed by atoms with Gasteiger partial charge in [0.2, 0.25) is 5.91 Å². The van der Waals surface area contributed by atoms with Crippen LogP contribution in [0.5, 0.6) is 0 Å². The Kier molecular flexibility index (Phi) is 10.2. The van der Waals surface area contributed by atoms with Crippen LogP contribution in [0.15, 0.2) is 72.9 Å². The Balaban J connectivity index is 1.54. The zero-order valence-corrected chi connectivity index (χ0v) is 24.9. The van der Waals surface area contributed by atoms with Crippen molar-refractivity contribution in [1.29, 1.82) is 0 Å². The van der Waals surface area contributed by atoms with E-state index in [0.717, 1.165) is 50.8 Å². The van der Waals surface area contributed by atoms with E-state index in [4.69, 9.17) is 0 Å². The summed E-state index contributed by atoms with van der Waals surface area (Å²) in [6, 6.07) is 22.8. The Morgan fingerprint density at radius 3 is 2.25 bits per heavy atom. The van der Waals surface area contributed by atoms with Gasteiger partial charge in [-0.1, -0.05) is 95.8 Å². The van der Waals surface area contributed by atoms with Gasteiger partial charge in [0.15, 0.2) is 0 Å². The third-order valence-electron chi connectivity index (χ3n) is 8.18. The third-order valence-corrected chi connectivity index (χ3v) is 8.18. The zero-order valence-electron chi connectivity index (χ0n) is 24.9. The molecule has 0 unspecified atom stereocenters. The van der Waals surface area contributed by atoms with E-state index in [1.54, 1.807) is 4.90 Å². The van der Waals surface area contributed by atoms with Crippen LogP contribution in [0.4, 0.5) is 0 Å². The molecule has 0 bridgehead atoms. The van der Waals surface area contributed by atoms with Gasteiger partial charge < -0.3 is 14.4 Å². The lowest BCUT2D eigenvalue weighted by Gasteiger charge is -2.36. The van der Waals surface area contributed by atoms with Crippen LogP contribution in [-0.2, 0) is 23.3 Å². The molecule has 1 aliphatic rings. The molecule has 3 aromatic rings. The van der Waals surface area contributed by atoms with Gasteiger partial charge in [0.05, 0.1) is 6.54 Å². The van der Waals surface area contributed by atoms with E-state index >= 15 is 0 Å². The number of carbonyl (C=O) groups is 2. The Labute approximate surface area is 241 Å². The van der Waals surface area contributed by atoms with Crippen LogP contribution in [0.3, 0.4) is 0 Å². The van der Waals surface area contributed by atoms with Crippen molar-refractivity contribution in [2.24, 2.45) is 0 Å². The highest BCUT2D eigenvalue weighted by Crippen LogP contribution is 2.26. The summed E-state index contributed by atoms with van der Waals surface area (Å²) in [6.45, 7) is 10.7. The molecule has 4 rings (SSSR count). The summed E-state index contributed by atoms with van der Waals surface area (Å²) in [4.78, 5) is 31.6. The summed E-state index contributed by atoms with van der Waals surface area (Å²) >= 11 is 0. The van der Waals surface area contributed by atoms with E-state index in [1.807, 2.05) is 30.3 Å². The number of amides is 2. The lowest BCUT2D eigenvalue weighted by molar-refractivity contribution is -0.135. The monoisotopic (exact) mass is 541 g/mol. The van der Waals surface area contributed by atoms with Gasteiger partial charge in [-0.15, -0.1) is 0 Å². The van der Waals surface area contributed by atoms with E-state index < -0.39 is 0 Å². The first kappa shape index (κ1) is 29.6. The van der Waals surface area contributed by atoms with Gasteiger partial charge in [0.25, 0.3) is 5.91 Å². The second-order valence-electron chi connectivity index (χ2n) is 12.3. The standard InChI is InChI=1S/C35H47N3O2/c1-5-6-23-37(34(40)29-19-21-30(22-20-29)35(2,3)4)27-33(39)38(31-16-11-8-12-17-31)26-32-18-13-24-36(32)25-28-14-9-7-10-15-28/h7,9-10,13-15,18-22,24,31H,5-6,8,11-12,16-17,23,25-27H2,1-4H3. The normalized spacial score (nSPS) is 14.2. The van der Waals surface area contributed by atoms with Crippen molar-refractivity contribution in [3.05, 3.63) is 95.3 Å². The van der Waals surface area contributed by atoms with Crippen molar-refractivity contribution in [2.75, 3.05) is 13.1 Å². The predicted molar refractivity (Wildman–Crippen MR) is 163 cm³/mol. The van der Waals surface area contributed by atoms with Gasteiger partial charge in [-0.3, -0.25) is 9.59 Å². The van der Waals surface area contributed by atoms with Crippen molar-refractivity contribution in [1.82, 2.24) is 14.4 Å². The smallest absolute Gasteiger partial charge is 0.254 e. The minimum atomic E-state index is -0.0571. The van der Waals surface area contributed by atoms with Crippen molar-refractivity contribution in [3.63, 3.8) is 0 Å². The molecule has 1 heterocycles. The molecule has 0 aliphatic heterocycles. The van der Waals surface area contributed by atoms with Crippen LogP contribution in [0.25, 0.3) is 0 Å². The van der Waals surface area contributed by atoms with Gasteiger partial charge in [0.1, 0.15) is 6.54 Å². The lowest BCUT2D eigenvalue weighted by Crippen LogP contribution is -2.47. The molecule has 214 valence electrons. The van der Waals surface area contributed by atoms with Crippen LogP contribution >= 0.6 is 0 Å². The van der Waals surface area contributed by atoms with Crippen LogP contribution in [-0.4, -0.2) is 45.3 Å². The van der Waals surface area contributed by atoms with Crippen LogP contribution in [0.1, 0.15) is 99.8 Å². The molecule has 1 saturated carbocycles. The third kappa shape index (κ3) is 7.87. The maximum absolute atomic E-state index is 14.1. The molecular weight excluding hydrogens is 494 g/mol. The fourth-order valence-electron chi connectivity index (χ4n) is 5.67. The molecular formula is C35H47N3O2. The molecule has 2 amide bonds. The minimum absolute atomic E-state index is 0.0259. The Morgan fingerprint density at radius 2 is 1.60 bits per heavy atom. The summed E-state index contributed by atoms with van der Waals surface area (Å²) < 4.78 is 2.25. The van der Waals surface area contributed by atoms with Crippen LogP contribution in [0, 0.1) is 0 Å². The molecule has 5 nitrogen and oxygen atoms in total. The molecule has 0 radical (unpaired) electrons. The number of carbonyl (C=O) groups excluding carboxylic acids is 2. The quantitative estimate of drug-likeness (QED) is 0.253. The van der Waals surface area contributed by atoms with E-state index in [9.17, 15) is 9.59 Å². The molecule has 0 atom stereocenters. The average Bonchev–Trinajstić information content (AvgIpc) is 3.40. The zero-order chi connectivity index (χ0) is 28.5. The highest BCUT2D eigenvalue weighted by molar-refractivity contribution is 5.96. The topological polar surface area (TPSA) is 45.6 Å². The number of rotatable bonds is 11. The maximum atomic E-state index is 14.1. The van der Waals surface area contributed by atoms with E-state index in [2.05, 4.69) is 79.8 Å². The molecule has 0 saturated heterocycles. The first-order valence-corrected chi connectivity index (χ1v) is 15.1. The average molecular weight is 542 g/mol. The molecule has 0 spiro atoms. The molecule has 5 heteroatoms. The highest BCUT2D eigenvalue weighted by atomic mass is 16.2. The highest BCUT2D eigenvalue weighted by Gasteiger charge is 2.29. The summed E-state index contributed by atoms with van der Waals surface area (Å²) in [5.74, 6) is -0.00608. The van der Waals surface area contributed by atoms with Crippen LogP contribution in [0.2, 0.25) is 0 Å². The molecule has 1 aliphatic carbocycles. The molecule has 1 fully saturated rings. The summed E-state index contributed by atoms with van der Waals surface area (Å²) in [5, 5.41) is 0. The minimum Gasteiger partial charge on any atom is -0.345 e. The van der Waals surface area contributed by atoms with Crippen molar-refractivity contribution in [2.45, 2.75) is 97.2 Å². The fourth-order valence-corrected chi connectivity index (χ4v) is 5.67. The largest absolute Gasteiger partial charge is 0.345 e. The fraction of sp³-hybridized carbons (Fsp3) is 0.486. The van der Waals surface area contributed by atoms with Crippen LogP contribution < -0.4 is 0 Å². The second kappa shape index (κ2) is 13.8. The van der Waals surface area contributed by atoms with Gasteiger partial charge in [-0.05, 0) is 60.1 Å². The SMILES string of the molecule is CCCCN(CC(=O)N(Cc1cccn1Cc1ccccc1)C1CCCCC1)C(=O)c1ccc(C(C)(C)C)cc1. The van der Waals surface area contributed by atoms with Crippen molar-refractivity contribution in [3.8, 4) is 0 Å². The van der Waals surface area contributed by atoms with Gasteiger partial charge >= 0.3 is 0 Å². The summed E-state index contributed by atoms with van der Waals surface area (Å²) in [7, 11) is 0. The van der Waals surface area contributed by atoms with E-state index in [-0.39, 0.29) is 29.8 Å². The first-order valence-electron chi connectivity index (χ1n) is 15.1. The Morgan fingerprint density at radius 1 is 0.900 bits per heavy atom. The number of hydrogen-bond donors (Lipinski definition) is 0. The van der Waals surface area contributed by atoms with E-state index in [1.165, 1.54) is 17.5 Å². The second-order valence-corrected chi connectivity index (χ2v) is 12.3. The Bertz CT molecular complexity index is 1220. The number of benzene rings is 2. The summed E-state index contributed by atoms with van der Waals surface area (Å²) in [6.07, 6.45) is 9.54.